The first-order valence-corrected chi connectivity index (χ1v) is 10.1. The Labute approximate surface area is 174 Å². The van der Waals surface area contributed by atoms with Gasteiger partial charge in [0.25, 0.3) is 0 Å². The Morgan fingerprint density at radius 3 is 2.73 bits per heavy atom. The van der Waals surface area contributed by atoms with E-state index in [1.807, 2.05) is 0 Å². The third-order valence-electron chi connectivity index (χ3n) is 5.32. The van der Waals surface area contributed by atoms with E-state index < -0.39 is 11.7 Å². The van der Waals surface area contributed by atoms with E-state index in [1.165, 1.54) is 31.5 Å². The smallest absolute Gasteiger partial charge is 0.372 e. The van der Waals surface area contributed by atoms with E-state index in [0.29, 0.717) is 30.3 Å². The second-order valence-corrected chi connectivity index (χ2v) is 7.48. The fourth-order valence-electron chi connectivity index (χ4n) is 3.74. The lowest BCUT2D eigenvalue weighted by Gasteiger charge is -2.26. The summed E-state index contributed by atoms with van der Waals surface area (Å²) in [6.45, 7) is 5.79. The van der Waals surface area contributed by atoms with E-state index in [-0.39, 0.29) is 5.69 Å². The van der Waals surface area contributed by atoms with Crippen molar-refractivity contribution in [3.8, 4) is 11.3 Å². The molecule has 30 heavy (non-hydrogen) atoms. The number of likely N-dealkylation sites (tertiary alicyclic amines) is 1. The number of fused-ring (bicyclic) bond motifs is 1. The molecule has 159 valence electrons. The monoisotopic (exact) mass is 417 g/mol. The van der Waals surface area contributed by atoms with Gasteiger partial charge in [0.05, 0.1) is 17.9 Å². The highest BCUT2D eigenvalue weighted by Crippen LogP contribution is 2.37. The molecule has 8 heteroatoms. The summed E-state index contributed by atoms with van der Waals surface area (Å²) >= 11 is 0. The number of alkyl halides is 3. The van der Waals surface area contributed by atoms with Crippen molar-refractivity contribution in [3.63, 3.8) is 0 Å². The molecule has 0 saturated carbocycles. The lowest BCUT2D eigenvalue weighted by molar-refractivity contribution is -0.137. The molecule has 2 aliphatic rings. The summed E-state index contributed by atoms with van der Waals surface area (Å²) in [7, 11) is 0. The van der Waals surface area contributed by atoms with Crippen LogP contribution < -0.4 is 5.32 Å². The van der Waals surface area contributed by atoms with Gasteiger partial charge in [-0.2, -0.15) is 13.2 Å². The quantitative estimate of drug-likeness (QED) is 0.698. The van der Waals surface area contributed by atoms with Crippen LogP contribution in [0, 0.1) is 6.54 Å². The van der Waals surface area contributed by atoms with Gasteiger partial charge < -0.3 is 15.0 Å². The highest BCUT2D eigenvalue weighted by Gasteiger charge is 2.34. The number of amidine groups is 1. The summed E-state index contributed by atoms with van der Waals surface area (Å²) in [5.74, 6) is 0.635. The number of nitrogens with one attached hydrogen (secondary N) is 1. The van der Waals surface area contributed by atoms with E-state index in [9.17, 15) is 13.2 Å². The molecule has 2 aromatic rings. The molecule has 1 radical (unpaired) electrons. The molecular weight excluding hydrogens is 393 g/mol. The first kappa shape index (κ1) is 20.8. The fourth-order valence-corrected chi connectivity index (χ4v) is 3.74. The molecule has 0 atom stereocenters. The number of ether oxygens (including phenoxy) is 1. The van der Waals surface area contributed by atoms with Crippen molar-refractivity contribution in [3.05, 3.63) is 54.2 Å². The number of piperidine rings is 1. The van der Waals surface area contributed by atoms with Crippen molar-refractivity contribution in [1.82, 2.24) is 9.88 Å². The molecule has 5 nitrogen and oxygen atoms in total. The van der Waals surface area contributed by atoms with Gasteiger partial charge in [-0.1, -0.05) is 18.6 Å². The molecule has 0 unspecified atom stereocenters. The molecular formula is C22H24F3N4O. The average molecular weight is 417 g/mol. The van der Waals surface area contributed by atoms with Gasteiger partial charge in [-0.3, -0.25) is 9.98 Å². The molecule has 4 rings (SSSR count). The number of aromatic nitrogens is 1. The van der Waals surface area contributed by atoms with Crippen LogP contribution in [0.2, 0.25) is 0 Å². The summed E-state index contributed by atoms with van der Waals surface area (Å²) in [5.41, 5.74) is 1.06. The molecule has 1 aromatic heterocycles. The van der Waals surface area contributed by atoms with E-state index >= 15 is 0 Å². The molecule has 3 heterocycles. The molecule has 0 spiro atoms. The van der Waals surface area contributed by atoms with E-state index in [2.05, 4.69) is 20.2 Å². The van der Waals surface area contributed by atoms with Crippen LogP contribution in [-0.2, 0) is 10.9 Å². The number of anilines is 1. The first-order valence-electron chi connectivity index (χ1n) is 10.1. The van der Waals surface area contributed by atoms with Gasteiger partial charge in [0, 0.05) is 29.6 Å². The average Bonchev–Trinajstić information content (AvgIpc) is 2.76. The maximum atomic E-state index is 13.3. The standard InChI is InChI=1S/C22H24F3N4O/c23-22(24,25)18-5-4-8-26-21(18)16-6-7-17-14-27-20(28-19(17)13-16)15-30-12-11-29-9-2-1-3-10-29/h4-8,13-14H,1-3,9-12,15H2,(H,27,28). The van der Waals surface area contributed by atoms with Gasteiger partial charge in [0.2, 0.25) is 0 Å². The molecule has 0 amide bonds. The Hall–Kier alpha value is -2.45. The van der Waals surface area contributed by atoms with Gasteiger partial charge >= 0.3 is 6.18 Å². The van der Waals surface area contributed by atoms with Gasteiger partial charge in [0.15, 0.2) is 0 Å². The Balaban J connectivity index is 1.39. The zero-order valence-electron chi connectivity index (χ0n) is 16.6. The van der Waals surface area contributed by atoms with Crippen LogP contribution in [-0.4, -0.2) is 48.6 Å². The van der Waals surface area contributed by atoms with Gasteiger partial charge in [-0.15, -0.1) is 0 Å². The lowest BCUT2D eigenvalue weighted by Crippen LogP contribution is -2.33. The number of hydrogen-bond donors (Lipinski definition) is 1. The minimum Gasteiger partial charge on any atom is -0.372 e. The number of nitrogens with zero attached hydrogens (tertiary/aromatic N) is 3. The summed E-state index contributed by atoms with van der Waals surface area (Å²) in [4.78, 5) is 10.7. The molecule has 0 bridgehead atoms. The molecule has 1 aromatic carbocycles. The van der Waals surface area contributed by atoms with E-state index in [1.54, 1.807) is 24.7 Å². The number of rotatable bonds is 6. The Morgan fingerprint density at radius 1 is 1.10 bits per heavy atom. The summed E-state index contributed by atoms with van der Waals surface area (Å²) < 4.78 is 45.8. The van der Waals surface area contributed by atoms with Gasteiger partial charge in [0.1, 0.15) is 19.0 Å². The predicted molar refractivity (Wildman–Crippen MR) is 110 cm³/mol. The highest BCUT2D eigenvalue weighted by atomic mass is 19.4. The summed E-state index contributed by atoms with van der Waals surface area (Å²) in [5, 5.41) is 3.17. The maximum Gasteiger partial charge on any atom is 0.418 e. The summed E-state index contributed by atoms with van der Waals surface area (Å²) in [6.07, 6.45) is 0.697. The van der Waals surface area contributed by atoms with Crippen molar-refractivity contribution in [2.45, 2.75) is 25.4 Å². The largest absolute Gasteiger partial charge is 0.418 e. The zero-order valence-corrected chi connectivity index (χ0v) is 16.6. The van der Waals surface area contributed by atoms with Crippen LogP contribution >= 0.6 is 0 Å². The van der Waals surface area contributed by atoms with Crippen molar-refractivity contribution >= 4 is 11.5 Å². The minimum atomic E-state index is -4.46. The molecule has 2 aliphatic heterocycles. The minimum absolute atomic E-state index is 0.0866. The zero-order chi connectivity index (χ0) is 21.0. The van der Waals surface area contributed by atoms with Crippen LogP contribution in [0.15, 0.2) is 41.5 Å². The second kappa shape index (κ2) is 9.14. The molecule has 1 saturated heterocycles. The number of aliphatic imine (C=N–C) groups is 1. The predicted octanol–water partition coefficient (Wildman–Crippen LogP) is 4.60. The Morgan fingerprint density at radius 2 is 1.93 bits per heavy atom. The maximum absolute atomic E-state index is 13.3. The highest BCUT2D eigenvalue weighted by molar-refractivity contribution is 6.00. The van der Waals surface area contributed by atoms with E-state index in [4.69, 9.17) is 4.74 Å². The summed E-state index contributed by atoms with van der Waals surface area (Å²) in [6, 6.07) is 7.38. The van der Waals surface area contributed by atoms with Crippen molar-refractivity contribution in [1.29, 1.82) is 0 Å². The van der Waals surface area contributed by atoms with E-state index in [0.717, 1.165) is 31.3 Å². The number of pyridine rings is 1. The van der Waals surface area contributed by atoms with Crippen LogP contribution in [0.3, 0.4) is 0 Å². The number of benzene rings is 1. The van der Waals surface area contributed by atoms with Crippen molar-refractivity contribution in [2.24, 2.45) is 4.99 Å². The van der Waals surface area contributed by atoms with Crippen LogP contribution in [0.5, 0.6) is 0 Å². The van der Waals surface area contributed by atoms with Crippen LogP contribution in [0.4, 0.5) is 18.9 Å². The molecule has 1 fully saturated rings. The first-order chi connectivity index (χ1) is 14.5. The topological polar surface area (TPSA) is 49.8 Å². The van der Waals surface area contributed by atoms with Gasteiger partial charge in [-0.05, 0) is 44.1 Å². The SMILES string of the molecule is FC(F)(F)c1cccnc1-c1ccc2c(c1)NC(COCCN1CCCCC1)=N[CH]2. The number of halogens is 3. The van der Waals surface area contributed by atoms with Crippen molar-refractivity contribution in [2.75, 3.05) is 38.2 Å². The second-order valence-electron chi connectivity index (χ2n) is 7.48. The Bertz CT molecular complexity index is 907. The lowest BCUT2D eigenvalue weighted by atomic mass is 10.0. The molecule has 1 N–H and O–H groups in total. The van der Waals surface area contributed by atoms with Gasteiger partial charge in [-0.25, -0.2) is 0 Å². The van der Waals surface area contributed by atoms with Crippen molar-refractivity contribution < 1.29 is 17.9 Å². The normalized spacial score (nSPS) is 17.2. The third kappa shape index (κ3) is 4.99. The molecule has 0 aliphatic carbocycles. The fraction of sp³-hybridized carbons (Fsp3) is 0.409. The number of hydrogen-bond acceptors (Lipinski definition) is 5. The van der Waals surface area contributed by atoms with Crippen LogP contribution in [0.1, 0.15) is 30.4 Å². The third-order valence-corrected chi connectivity index (χ3v) is 5.32. The Kier molecular flexibility index (Phi) is 6.34. The van der Waals surface area contributed by atoms with Crippen LogP contribution in [0.25, 0.3) is 11.3 Å².